The Labute approximate surface area is 128 Å². The second-order valence-corrected chi connectivity index (χ2v) is 6.53. The molecule has 108 valence electrons. The van der Waals surface area contributed by atoms with E-state index in [-0.39, 0.29) is 11.9 Å². The second kappa shape index (κ2) is 5.58. The molecule has 3 heteroatoms. The minimum absolute atomic E-state index is 0.145. The summed E-state index contributed by atoms with van der Waals surface area (Å²) in [5.41, 5.74) is 3.82. The van der Waals surface area contributed by atoms with Crippen LogP contribution in [0.2, 0.25) is 0 Å². The minimum Gasteiger partial charge on any atom is -0.309 e. The van der Waals surface area contributed by atoms with E-state index in [4.69, 9.17) is 0 Å². The Kier molecular flexibility index (Phi) is 3.79. The van der Waals surface area contributed by atoms with Crippen molar-refractivity contribution in [1.29, 1.82) is 0 Å². The van der Waals surface area contributed by atoms with Crippen LogP contribution in [0.3, 0.4) is 0 Å². The molecule has 0 amide bonds. The zero-order valence-electron chi connectivity index (χ0n) is 12.4. The summed E-state index contributed by atoms with van der Waals surface area (Å²) in [5.74, 6) is -0.177. The van der Waals surface area contributed by atoms with Gasteiger partial charge in [-0.1, -0.05) is 29.8 Å². The maximum atomic E-state index is 13.4. The fourth-order valence-corrected chi connectivity index (χ4v) is 3.99. The van der Waals surface area contributed by atoms with Gasteiger partial charge in [-0.15, -0.1) is 11.3 Å². The lowest BCUT2D eigenvalue weighted by Crippen LogP contribution is -2.17. The maximum absolute atomic E-state index is 13.4. The van der Waals surface area contributed by atoms with Gasteiger partial charge in [-0.2, -0.15) is 0 Å². The van der Waals surface area contributed by atoms with E-state index < -0.39 is 0 Å². The third-order valence-electron chi connectivity index (χ3n) is 3.81. The van der Waals surface area contributed by atoms with Crippen molar-refractivity contribution in [1.82, 2.24) is 5.32 Å². The van der Waals surface area contributed by atoms with Crippen LogP contribution >= 0.6 is 11.3 Å². The molecular weight excluding hydrogens is 281 g/mol. The molecule has 0 aliphatic carbocycles. The molecule has 0 saturated heterocycles. The van der Waals surface area contributed by atoms with Gasteiger partial charge in [0.05, 0.1) is 6.04 Å². The summed E-state index contributed by atoms with van der Waals surface area (Å²) in [6.45, 7) is 4.24. The predicted octanol–water partition coefficient (Wildman–Crippen LogP) is 4.97. The molecule has 0 aliphatic rings. The SMILES string of the molecule is CNC(c1cc2ccc(F)cc2s1)c1ccc(C)cc1C. The highest BCUT2D eigenvalue weighted by Gasteiger charge is 2.17. The van der Waals surface area contributed by atoms with Crippen LogP contribution in [0.15, 0.2) is 42.5 Å². The average Bonchev–Trinajstić information content (AvgIpc) is 2.84. The van der Waals surface area contributed by atoms with E-state index in [0.717, 1.165) is 10.1 Å². The molecule has 1 unspecified atom stereocenters. The smallest absolute Gasteiger partial charge is 0.124 e. The molecule has 0 saturated carbocycles. The molecule has 3 aromatic rings. The first-order chi connectivity index (χ1) is 10.1. The molecule has 2 aromatic carbocycles. The van der Waals surface area contributed by atoms with Crippen molar-refractivity contribution < 1.29 is 4.39 Å². The number of halogens is 1. The van der Waals surface area contributed by atoms with Crippen molar-refractivity contribution in [3.8, 4) is 0 Å². The number of rotatable bonds is 3. The number of thiophene rings is 1. The van der Waals surface area contributed by atoms with Crippen LogP contribution < -0.4 is 5.32 Å². The zero-order chi connectivity index (χ0) is 15.0. The highest BCUT2D eigenvalue weighted by Crippen LogP contribution is 2.34. The monoisotopic (exact) mass is 299 g/mol. The number of fused-ring (bicyclic) bond motifs is 1. The van der Waals surface area contributed by atoms with Gasteiger partial charge < -0.3 is 5.32 Å². The summed E-state index contributed by atoms with van der Waals surface area (Å²) in [5, 5.41) is 4.49. The van der Waals surface area contributed by atoms with E-state index in [2.05, 4.69) is 43.4 Å². The minimum atomic E-state index is -0.177. The third kappa shape index (κ3) is 2.71. The van der Waals surface area contributed by atoms with Crippen LogP contribution in [0.5, 0.6) is 0 Å². The van der Waals surface area contributed by atoms with E-state index in [1.54, 1.807) is 17.4 Å². The highest BCUT2D eigenvalue weighted by molar-refractivity contribution is 7.19. The van der Waals surface area contributed by atoms with Crippen molar-refractivity contribution in [2.45, 2.75) is 19.9 Å². The standard InChI is InChI=1S/C18H18FNS/c1-11-4-7-15(12(2)8-11)18(20-3)17-9-13-5-6-14(19)10-16(13)21-17/h4-10,18,20H,1-3H3. The molecule has 1 N–H and O–H groups in total. The molecule has 0 spiro atoms. The summed E-state index contributed by atoms with van der Waals surface area (Å²) in [7, 11) is 1.97. The largest absolute Gasteiger partial charge is 0.309 e. The molecule has 3 rings (SSSR count). The van der Waals surface area contributed by atoms with Crippen LogP contribution in [-0.2, 0) is 0 Å². The van der Waals surface area contributed by atoms with Gasteiger partial charge in [-0.25, -0.2) is 4.39 Å². The van der Waals surface area contributed by atoms with Gasteiger partial charge in [0.1, 0.15) is 5.82 Å². The number of nitrogens with one attached hydrogen (secondary N) is 1. The molecule has 0 fully saturated rings. The van der Waals surface area contributed by atoms with E-state index in [9.17, 15) is 4.39 Å². The van der Waals surface area contributed by atoms with Gasteiger partial charge in [0, 0.05) is 9.58 Å². The lowest BCUT2D eigenvalue weighted by atomic mass is 9.98. The van der Waals surface area contributed by atoms with E-state index in [1.807, 2.05) is 13.1 Å². The summed E-state index contributed by atoms with van der Waals surface area (Å²) in [6.07, 6.45) is 0. The van der Waals surface area contributed by atoms with Crippen molar-refractivity contribution in [3.63, 3.8) is 0 Å². The first-order valence-electron chi connectivity index (χ1n) is 7.02. The molecule has 0 aliphatic heterocycles. The number of aryl methyl sites for hydroxylation is 2. The fourth-order valence-electron chi connectivity index (χ4n) is 2.77. The van der Waals surface area contributed by atoms with Gasteiger partial charge >= 0.3 is 0 Å². The molecule has 21 heavy (non-hydrogen) atoms. The second-order valence-electron chi connectivity index (χ2n) is 5.41. The van der Waals surface area contributed by atoms with Crippen LogP contribution in [0.4, 0.5) is 4.39 Å². The first kappa shape index (κ1) is 14.2. The van der Waals surface area contributed by atoms with Crippen LogP contribution in [0, 0.1) is 19.7 Å². The lowest BCUT2D eigenvalue weighted by Gasteiger charge is -2.18. The predicted molar refractivity (Wildman–Crippen MR) is 88.6 cm³/mol. The van der Waals surface area contributed by atoms with E-state index in [1.165, 1.54) is 27.6 Å². The summed E-state index contributed by atoms with van der Waals surface area (Å²) < 4.78 is 14.3. The van der Waals surface area contributed by atoms with Gasteiger partial charge in [-0.05, 0) is 55.6 Å². The average molecular weight is 299 g/mol. The Morgan fingerprint density at radius 2 is 1.86 bits per heavy atom. The van der Waals surface area contributed by atoms with Crippen molar-refractivity contribution >= 4 is 21.4 Å². The van der Waals surface area contributed by atoms with Crippen LogP contribution in [-0.4, -0.2) is 7.05 Å². The molecule has 1 aromatic heterocycles. The van der Waals surface area contributed by atoms with Gasteiger partial charge in [0.2, 0.25) is 0 Å². The van der Waals surface area contributed by atoms with Gasteiger partial charge in [-0.3, -0.25) is 0 Å². The third-order valence-corrected chi connectivity index (χ3v) is 4.97. The summed E-state index contributed by atoms with van der Waals surface area (Å²) in [4.78, 5) is 1.21. The lowest BCUT2D eigenvalue weighted by molar-refractivity contribution is 0.630. The molecule has 0 radical (unpaired) electrons. The Bertz CT molecular complexity index is 791. The molecular formula is C18H18FNS. The zero-order valence-corrected chi connectivity index (χ0v) is 13.2. The van der Waals surface area contributed by atoms with E-state index >= 15 is 0 Å². The Morgan fingerprint density at radius 1 is 1.05 bits per heavy atom. The van der Waals surface area contributed by atoms with Gasteiger partial charge in [0.25, 0.3) is 0 Å². The van der Waals surface area contributed by atoms with Crippen molar-refractivity contribution in [3.05, 3.63) is 69.8 Å². The van der Waals surface area contributed by atoms with Crippen molar-refractivity contribution in [2.75, 3.05) is 7.05 Å². The molecule has 0 bridgehead atoms. The Morgan fingerprint density at radius 3 is 2.57 bits per heavy atom. The van der Waals surface area contributed by atoms with Crippen LogP contribution in [0.1, 0.15) is 27.6 Å². The fraction of sp³-hybridized carbons (Fsp3) is 0.222. The Hall–Kier alpha value is -1.71. The number of hydrogen-bond acceptors (Lipinski definition) is 2. The molecule has 1 nitrogen and oxygen atoms in total. The topological polar surface area (TPSA) is 12.0 Å². The number of benzene rings is 2. The highest BCUT2D eigenvalue weighted by atomic mass is 32.1. The van der Waals surface area contributed by atoms with Crippen molar-refractivity contribution in [2.24, 2.45) is 0 Å². The quantitative estimate of drug-likeness (QED) is 0.720. The molecule has 1 atom stereocenters. The van der Waals surface area contributed by atoms with Crippen LogP contribution in [0.25, 0.3) is 10.1 Å². The normalized spacial score (nSPS) is 12.8. The van der Waals surface area contributed by atoms with E-state index in [0.29, 0.717) is 0 Å². The summed E-state index contributed by atoms with van der Waals surface area (Å²) in [6, 6.07) is 13.8. The maximum Gasteiger partial charge on any atom is 0.124 e. The van der Waals surface area contributed by atoms with Gasteiger partial charge in [0.15, 0.2) is 0 Å². The summed E-state index contributed by atoms with van der Waals surface area (Å²) >= 11 is 1.65. The molecule has 1 heterocycles. The Balaban J connectivity index is 2.09. The number of hydrogen-bond donors (Lipinski definition) is 1. The first-order valence-corrected chi connectivity index (χ1v) is 7.83.